The molecule has 0 unspecified atom stereocenters. The largest absolute Gasteiger partial charge is 0.259 e. The second kappa shape index (κ2) is 4.37. The van der Waals surface area contributed by atoms with E-state index in [1.807, 2.05) is 25.1 Å². The first-order valence-electron chi connectivity index (χ1n) is 4.09. The number of aryl methyl sites for hydroxylation is 1. The molecular weight excluding hydrogens is 246 g/mol. The Labute approximate surface area is 90.7 Å². The van der Waals surface area contributed by atoms with Gasteiger partial charge in [0.05, 0.1) is 4.92 Å². The van der Waals surface area contributed by atoms with Crippen LogP contribution in [0.4, 0.5) is 0 Å². The van der Waals surface area contributed by atoms with Gasteiger partial charge in [-0.15, -0.1) is 0 Å². The minimum absolute atomic E-state index is 0.140. The van der Waals surface area contributed by atoms with Gasteiger partial charge in [-0.05, 0) is 24.1 Å². The SMILES string of the molecule is C/C(=C/c1ccc(C)c(Br)c1)[N+](=O)[O-]. The summed E-state index contributed by atoms with van der Waals surface area (Å²) < 4.78 is 0.961. The lowest BCUT2D eigenvalue weighted by atomic mass is 10.1. The highest BCUT2D eigenvalue weighted by Crippen LogP contribution is 2.19. The maximum absolute atomic E-state index is 10.4. The second-order valence-electron chi connectivity index (χ2n) is 3.05. The molecule has 14 heavy (non-hydrogen) atoms. The lowest BCUT2D eigenvalue weighted by Gasteiger charge is -1.99. The van der Waals surface area contributed by atoms with Gasteiger partial charge in [-0.1, -0.05) is 28.1 Å². The fraction of sp³-hybridized carbons (Fsp3) is 0.200. The average Bonchev–Trinajstić information content (AvgIpc) is 2.11. The third kappa shape index (κ3) is 2.67. The van der Waals surface area contributed by atoms with Crippen LogP contribution < -0.4 is 0 Å². The zero-order chi connectivity index (χ0) is 10.7. The lowest BCUT2D eigenvalue weighted by Crippen LogP contribution is -1.92. The van der Waals surface area contributed by atoms with Gasteiger partial charge in [0.1, 0.15) is 0 Å². The van der Waals surface area contributed by atoms with Crippen molar-refractivity contribution in [2.75, 3.05) is 0 Å². The van der Waals surface area contributed by atoms with E-state index in [-0.39, 0.29) is 5.70 Å². The van der Waals surface area contributed by atoms with E-state index < -0.39 is 4.92 Å². The first-order chi connectivity index (χ1) is 6.50. The molecule has 0 N–H and O–H groups in total. The lowest BCUT2D eigenvalue weighted by molar-refractivity contribution is -0.422. The van der Waals surface area contributed by atoms with Gasteiger partial charge in [-0.3, -0.25) is 10.1 Å². The van der Waals surface area contributed by atoms with Crippen LogP contribution in [0.5, 0.6) is 0 Å². The summed E-state index contributed by atoms with van der Waals surface area (Å²) in [6.45, 7) is 3.45. The summed E-state index contributed by atoms with van der Waals surface area (Å²) in [5.41, 5.74) is 2.08. The average molecular weight is 256 g/mol. The van der Waals surface area contributed by atoms with E-state index >= 15 is 0 Å². The van der Waals surface area contributed by atoms with E-state index in [0.717, 1.165) is 15.6 Å². The van der Waals surface area contributed by atoms with Crippen molar-refractivity contribution >= 4 is 22.0 Å². The van der Waals surface area contributed by atoms with Crippen molar-refractivity contribution in [3.8, 4) is 0 Å². The molecular formula is C10H10BrNO2. The van der Waals surface area contributed by atoms with Crippen molar-refractivity contribution < 1.29 is 4.92 Å². The van der Waals surface area contributed by atoms with Gasteiger partial charge in [-0.2, -0.15) is 0 Å². The summed E-state index contributed by atoms with van der Waals surface area (Å²) in [5, 5.41) is 10.4. The van der Waals surface area contributed by atoms with Crippen LogP contribution in [0.25, 0.3) is 6.08 Å². The van der Waals surface area contributed by atoms with Crippen molar-refractivity contribution in [1.29, 1.82) is 0 Å². The molecule has 74 valence electrons. The highest BCUT2D eigenvalue weighted by atomic mass is 79.9. The molecule has 0 saturated heterocycles. The molecule has 0 heterocycles. The number of allylic oxidation sites excluding steroid dienone is 1. The van der Waals surface area contributed by atoms with Gasteiger partial charge in [-0.25, -0.2) is 0 Å². The molecule has 0 radical (unpaired) electrons. The molecule has 0 aliphatic carbocycles. The first kappa shape index (κ1) is 10.9. The molecule has 0 saturated carbocycles. The van der Waals surface area contributed by atoms with Gasteiger partial charge in [0, 0.05) is 17.5 Å². The van der Waals surface area contributed by atoms with E-state index in [4.69, 9.17) is 0 Å². The molecule has 0 bridgehead atoms. The number of benzene rings is 1. The fourth-order valence-corrected chi connectivity index (χ4v) is 1.39. The number of halogens is 1. The Bertz CT molecular complexity index is 399. The fourth-order valence-electron chi connectivity index (χ4n) is 0.993. The van der Waals surface area contributed by atoms with Crippen molar-refractivity contribution in [3.05, 3.63) is 49.6 Å². The number of hydrogen-bond donors (Lipinski definition) is 0. The van der Waals surface area contributed by atoms with E-state index in [9.17, 15) is 10.1 Å². The molecule has 0 spiro atoms. The van der Waals surface area contributed by atoms with E-state index in [1.54, 1.807) is 6.08 Å². The number of nitro groups is 1. The Morgan fingerprint density at radius 2 is 2.21 bits per heavy atom. The normalized spacial score (nSPS) is 11.5. The molecule has 0 aliphatic heterocycles. The Morgan fingerprint density at radius 3 is 2.71 bits per heavy atom. The van der Waals surface area contributed by atoms with Gasteiger partial charge in [0.25, 0.3) is 0 Å². The molecule has 3 nitrogen and oxygen atoms in total. The zero-order valence-electron chi connectivity index (χ0n) is 7.95. The predicted molar refractivity (Wildman–Crippen MR) is 59.5 cm³/mol. The summed E-state index contributed by atoms with van der Waals surface area (Å²) in [4.78, 5) is 9.99. The van der Waals surface area contributed by atoms with E-state index in [2.05, 4.69) is 15.9 Å². The van der Waals surface area contributed by atoms with E-state index in [0.29, 0.717) is 0 Å². The van der Waals surface area contributed by atoms with Crippen LogP contribution in [-0.2, 0) is 0 Å². The number of rotatable bonds is 2. The maximum atomic E-state index is 10.4. The third-order valence-corrected chi connectivity index (χ3v) is 2.71. The van der Waals surface area contributed by atoms with E-state index in [1.165, 1.54) is 6.92 Å². The summed E-state index contributed by atoms with van der Waals surface area (Å²) in [7, 11) is 0. The number of nitrogens with zero attached hydrogens (tertiary/aromatic N) is 1. The molecule has 1 aromatic rings. The smallest absolute Gasteiger partial charge is 0.243 e. The predicted octanol–water partition coefficient (Wildman–Crippen LogP) is 3.40. The van der Waals surface area contributed by atoms with Crippen LogP contribution in [0, 0.1) is 17.0 Å². The summed E-state index contributed by atoms with van der Waals surface area (Å²) in [6, 6.07) is 5.64. The van der Waals surface area contributed by atoms with Gasteiger partial charge in [0.15, 0.2) is 0 Å². The van der Waals surface area contributed by atoms with Crippen LogP contribution >= 0.6 is 15.9 Å². The minimum Gasteiger partial charge on any atom is -0.259 e. The number of hydrogen-bond acceptors (Lipinski definition) is 2. The quantitative estimate of drug-likeness (QED) is 0.601. The molecule has 0 aliphatic rings. The molecule has 1 rings (SSSR count). The molecule has 0 amide bonds. The minimum atomic E-state index is -0.395. The summed E-state index contributed by atoms with van der Waals surface area (Å²) >= 11 is 3.37. The standard InChI is InChI=1S/C10H10BrNO2/c1-7-3-4-9(6-10(7)11)5-8(2)12(13)14/h3-6H,1-2H3/b8-5-. The Kier molecular flexibility index (Phi) is 3.41. The maximum Gasteiger partial charge on any atom is 0.243 e. The molecule has 1 aromatic carbocycles. The first-order valence-corrected chi connectivity index (χ1v) is 4.89. The van der Waals surface area contributed by atoms with Crippen LogP contribution in [0.1, 0.15) is 18.1 Å². The van der Waals surface area contributed by atoms with Crippen LogP contribution in [0.15, 0.2) is 28.4 Å². The van der Waals surface area contributed by atoms with Crippen LogP contribution in [0.2, 0.25) is 0 Å². The van der Waals surface area contributed by atoms with Crippen molar-refractivity contribution in [3.63, 3.8) is 0 Å². The Hall–Kier alpha value is -1.16. The Morgan fingerprint density at radius 1 is 1.57 bits per heavy atom. The molecule has 0 fully saturated rings. The zero-order valence-corrected chi connectivity index (χ0v) is 9.54. The van der Waals surface area contributed by atoms with Gasteiger partial charge >= 0.3 is 0 Å². The van der Waals surface area contributed by atoms with Crippen molar-refractivity contribution in [1.82, 2.24) is 0 Å². The second-order valence-corrected chi connectivity index (χ2v) is 3.91. The van der Waals surface area contributed by atoms with Gasteiger partial charge < -0.3 is 0 Å². The molecule has 0 aromatic heterocycles. The third-order valence-electron chi connectivity index (χ3n) is 1.86. The van der Waals surface area contributed by atoms with Crippen molar-refractivity contribution in [2.24, 2.45) is 0 Å². The van der Waals surface area contributed by atoms with Gasteiger partial charge in [0.2, 0.25) is 5.70 Å². The highest BCUT2D eigenvalue weighted by Gasteiger charge is 2.02. The highest BCUT2D eigenvalue weighted by molar-refractivity contribution is 9.10. The summed E-state index contributed by atoms with van der Waals surface area (Å²) in [5.74, 6) is 0. The van der Waals surface area contributed by atoms with Crippen molar-refractivity contribution in [2.45, 2.75) is 13.8 Å². The summed E-state index contributed by atoms with van der Waals surface area (Å²) in [6.07, 6.45) is 1.55. The Balaban J connectivity index is 3.04. The topological polar surface area (TPSA) is 43.1 Å². The monoisotopic (exact) mass is 255 g/mol. The van der Waals surface area contributed by atoms with Crippen LogP contribution in [-0.4, -0.2) is 4.92 Å². The van der Waals surface area contributed by atoms with Crippen LogP contribution in [0.3, 0.4) is 0 Å². The molecule has 0 atom stereocenters. The molecule has 4 heteroatoms.